The SMILES string of the molecule is O=C(NC1CCCCCC1)C(Sc1cn[nH]n1)c1ccccc1. The number of hydrogen-bond acceptors (Lipinski definition) is 4. The van der Waals surface area contributed by atoms with Crippen molar-refractivity contribution >= 4 is 17.7 Å². The number of benzene rings is 1. The highest BCUT2D eigenvalue weighted by Gasteiger charge is 2.25. The van der Waals surface area contributed by atoms with Crippen LogP contribution in [0.4, 0.5) is 0 Å². The Morgan fingerprint density at radius 3 is 2.57 bits per heavy atom. The van der Waals surface area contributed by atoms with E-state index in [-0.39, 0.29) is 11.2 Å². The number of nitrogens with zero attached hydrogens (tertiary/aromatic N) is 2. The molecule has 5 nitrogen and oxygen atoms in total. The highest BCUT2D eigenvalue weighted by atomic mass is 32.2. The molecule has 0 saturated heterocycles. The first kappa shape index (κ1) is 16.1. The topological polar surface area (TPSA) is 70.7 Å². The molecule has 1 aliphatic rings. The Hall–Kier alpha value is -1.82. The molecular weight excluding hydrogens is 308 g/mol. The molecule has 0 radical (unpaired) electrons. The fourth-order valence-corrected chi connectivity index (χ4v) is 3.89. The molecule has 2 N–H and O–H groups in total. The number of nitrogens with one attached hydrogen (secondary N) is 2. The van der Waals surface area contributed by atoms with Gasteiger partial charge in [0.05, 0.1) is 6.20 Å². The smallest absolute Gasteiger partial charge is 0.238 e. The van der Waals surface area contributed by atoms with E-state index in [0.29, 0.717) is 6.04 Å². The highest BCUT2D eigenvalue weighted by molar-refractivity contribution is 8.00. The van der Waals surface area contributed by atoms with Crippen LogP contribution in [0.3, 0.4) is 0 Å². The van der Waals surface area contributed by atoms with E-state index in [2.05, 4.69) is 20.7 Å². The van der Waals surface area contributed by atoms with Crippen LogP contribution in [0.1, 0.15) is 49.3 Å². The number of carbonyl (C=O) groups is 1. The Bertz CT molecular complexity index is 594. The third-order valence-corrected chi connectivity index (χ3v) is 5.33. The summed E-state index contributed by atoms with van der Waals surface area (Å²) in [5.74, 6) is 0.0658. The predicted molar refractivity (Wildman–Crippen MR) is 91.1 cm³/mol. The molecule has 0 spiro atoms. The fourth-order valence-electron chi connectivity index (χ4n) is 2.97. The molecule has 2 aromatic rings. The Kier molecular flexibility index (Phi) is 5.69. The van der Waals surface area contributed by atoms with Gasteiger partial charge in [-0.3, -0.25) is 4.79 Å². The Morgan fingerprint density at radius 1 is 1.17 bits per heavy atom. The molecule has 3 rings (SSSR count). The first-order valence-electron chi connectivity index (χ1n) is 8.20. The van der Waals surface area contributed by atoms with Gasteiger partial charge in [-0.2, -0.15) is 10.3 Å². The van der Waals surface area contributed by atoms with Crippen molar-refractivity contribution in [3.05, 3.63) is 42.1 Å². The van der Waals surface area contributed by atoms with Crippen LogP contribution in [0, 0.1) is 0 Å². The molecule has 0 aliphatic heterocycles. The second-order valence-corrected chi connectivity index (χ2v) is 7.04. The van der Waals surface area contributed by atoms with Gasteiger partial charge in [0, 0.05) is 6.04 Å². The van der Waals surface area contributed by atoms with Gasteiger partial charge in [-0.25, -0.2) is 0 Å². The standard InChI is InChI=1S/C17H22N4OS/c22-17(19-14-10-6-1-2-7-11-14)16(13-8-4-3-5-9-13)23-15-12-18-21-20-15/h3-5,8-9,12,14,16H,1-2,6-7,10-11H2,(H,19,22)(H,18,20,21). The number of H-pyrrole nitrogens is 1. The quantitative estimate of drug-likeness (QED) is 0.650. The summed E-state index contributed by atoms with van der Waals surface area (Å²) in [7, 11) is 0. The lowest BCUT2D eigenvalue weighted by molar-refractivity contribution is -0.121. The average Bonchev–Trinajstić information content (AvgIpc) is 2.97. The van der Waals surface area contributed by atoms with Gasteiger partial charge in [-0.05, 0) is 18.4 Å². The first-order valence-corrected chi connectivity index (χ1v) is 9.08. The van der Waals surface area contributed by atoms with Crippen LogP contribution in [-0.4, -0.2) is 27.4 Å². The van der Waals surface area contributed by atoms with Gasteiger partial charge in [0.25, 0.3) is 0 Å². The second-order valence-electron chi connectivity index (χ2n) is 5.91. The molecule has 1 atom stereocenters. The van der Waals surface area contributed by atoms with E-state index in [9.17, 15) is 4.79 Å². The molecule has 1 saturated carbocycles. The lowest BCUT2D eigenvalue weighted by Gasteiger charge is -2.21. The minimum Gasteiger partial charge on any atom is -0.352 e. The Balaban J connectivity index is 1.72. The van der Waals surface area contributed by atoms with E-state index in [1.165, 1.54) is 37.4 Å². The molecule has 1 fully saturated rings. The van der Waals surface area contributed by atoms with Crippen molar-refractivity contribution in [3.63, 3.8) is 0 Å². The van der Waals surface area contributed by atoms with Crippen molar-refractivity contribution in [2.75, 3.05) is 0 Å². The summed E-state index contributed by atoms with van der Waals surface area (Å²) in [4.78, 5) is 12.9. The van der Waals surface area contributed by atoms with E-state index in [1.807, 2.05) is 30.3 Å². The molecular formula is C17H22N4OS. The minimum absolute atomic E-state index is 0.0658. The normalized spacial score (nSPS) is 17.4. The second kappa shape index (κ2) is 8.15. The summed E-state index contributed by atoms with van der Waals surface area (Å²) >= 11 is 1.43. The summed E-state index contributed by atoms with van der Waals surface area (Å²) in [5, 5.41) is 14.2. The summed E-state index contributed by atoms with van der Waals surface area (Å²) in [6.45, 7) is 0. The number of rotatable bonds is 5. The zero-order valence-electron chi connectivity index (χ0n) is 13.1. The molecule has 23 heavy (non-hydrogen) atoms. The molecule has 1 amide bonds. The Morgan fingerprint density at radius 2 is 1.91 bits per heavy atom. The monoisotopic (exact) mass is 330 g/mol. The van der Waals surface area contributed by atoms with Gasteiger partial charge in [-0.15, -0.1) is 5.10 Å². The van der Waals surface area contributed by atoms with E-state index in [1.54, 1.807) is 6.20 Å². The van der Waals surface area contributed by atoms with Crippen LogP contribution in [0.25, 0.3) is 0 Å². The zero-order chi connectivity index (χ0) is 15.9. The molecule has 122 valence electrons. The maximum atomic E-state index is 12.9. The number of aromatic amines is 1. The molecule has 1 unspecified atom stereocenters. The molecule has 1 aromatic heterocycles. The van der Waals surface area contributed by atoms with Crippen molar-refractivity contribution in [1.29, 1.82) is 0 Å². The van der Waals surface area contributed by atoms with Crippen molar-refractivity contribution in [2.24, 2.45) is 0 Å². The van der Waals surface area contributed by atoms with Crippen LogP contribution in [0.15, 0.2) is 41.6 Å². The van der Waals surface area contributed by atoms with E-state index in [4.69, 9.17) is 0 Å². The van der Waals surface area contributed by atoms with Gasteiger partial charge in [-0.1, -0.05) is 67.8 Å². The van der Waals surface area contributed by atoms with Gasteiger partial charge in [0.2, 0.25) is 5.91 Å². The summed E-state index contributed by atoms with van der Waals surface area (Å²) < 4.78 is 0. The number of carbonyl (C=O) groups excluding carboxylic acids is 1. The number of aromatic nitrogens is 3. The number of hydrogen-bond donors (Lipinski definition) is 2. The van der Waals surface area contributed by atoms with Crippen LogP contribution in [0.5, 0.6) is 0 Å². The van der Waals surface area contributed by atoms with E-state index in [0.717, 1.165) is 23.4 Å². The molecule has 1 aromatic carbocycles. The van der Waals surface area contributed by atoms with Gasteiger partial charge in [0.15, 0.2) is 0 Å². The van der Waals surface area contributed by atoms with Crippen molar-refractivity contribution in [3.8, 4) is 0 Å². The van der Waals surface area contributed by atoms with Crippen LogP contribution >= 0.6 is 11.8 Å². The largest absolute Gasteiger partial charge is 0.352 e. The lowest BCUT2D eigenvalue weighted by Crippen LogP contribution is -2.37. The predicted octanol–water partition coefficient (Wildman–Crippen LogP) is 3.48. The van der Waals surface area contributed by atoms with Crippen LogP contribution in [-0.2, 0) is 4.79 Å². The maximum Gasteiger partial charge on any atom is 0.238 e. The lowest BCUT2D eigenvalue weighted by atomic mass is 10.1. The third kappa shape index (κ3) is 4.58. The summed E-state index contributed by atoms with van der Waals surface area (Å²) in [5.41, 5.74) is 0.992. The van der Waals surface area contributed by atoms with Crippen molar-refractivity contribution < 1.29 is 4.79 Å². The third-order valence-electron chi connectivity index (χ3n) is 4.17. The van der Waals surface area contributed by atoms with Crippen LogP contribution in [0.2, 0.25) is 0 Å². The van der Waals surface area contributed by atoms with E-state index < -0.39 is 0 Å². The van der Waals surface area contributed by atoms with Crippen molar-refractivity contribution in [1.82, 2.24) is 20.7 Å². The number of thioether (sulfide) groups is 1. The number of amides is 1. The molecule has 0 bridgehead atoms. The van der Waals surface area contributed by atoms with Gasteiger partial charge >= 0.3 is 0 Å². The Labute approximate surface area is 140 Å². The first-order chi connectivity index (χ1) is 11.3. The average molecular weight is 330 g/mol. The zero-order valence-corrected chi connectivity index (χ0v) is 13.9. The fraction of sp³-hybridized carbons (Fsp3) is 0.471. The van der Waals surface area contributed by atoms with Gasteiger partial charge < -0.3 is 5.32 Å². The summed E-state index contributed by atoms with van der Waals surface area (Å²) in [6.07, 6.45) is 8.79. The maximum absolute atomic E-state index is 12.9. The van der Waals surface area contributed by atoms with Crippen LogP contribution < -0.4 is 5.32 Å². The van der Waals surface area contributed by atoms with E-state index >= 15 is 0 Å². The van der Waals surface area contributed by atoms with Gasteiger partial charge in [0.1, 0.15) is 10.3 Å². The highest BCUT2D eigenvalue weighted by Crippen LogP contribution is 2.34. The molecule has 1 heterocycles. The molecule has 1 aliphatic carbocycles. The molecule has 6 heteroatoms. The van der Waals surface area contributed by atoms with Crippen molar-refractivity contribution in [2.45, 2.75) is 54.8 Å². The summed E-state index contributed by atoms with van der Waals surface area (Å²) in [6, 6.07) is 10.2. The minimum atomic E-state index is -0.301.